The minimum atomic E-state index is -3.57. The summed E-state index contributed by atoms with van der Waals surface area (Å²) in [5, 5.41) is 4.51. The Morgan fingerprint density at radius 1 is 0.909 bits per heavy atom. The molecule has 0 saturated carbocycles. The van der Waals surface area contributed by atoms with Gasteiger partial charge in [0, 0.05) is 30.7 Å². The molecule has 0 aliphatic carbocycles. The van der Waals surface area contributed by atoms with E-state index in [4.69, 9.17) is 16.3 Å². The molecule has 5 aromatic rings. The highest BCUT2D eigenvalue weighted by Gasteiger charge is 2.26. The molecule has 4 aromatic carbocycles. The highest BCUT2D eigenvalue weighted by Crippen LogP contribution is 2.33. The Labute approximate surface area is 261 Å². The van der Waals surface area contributed by atoms with E-state index < -0.39 is 10.0 Å². The van der Waals surface area contributed by atoms with Crippen molar-refractivity contribution in [3.63, 3.8) is 0 Å². The minimum Gasteiger partial charge on any atom is -0.487 e. The largest absolute Gasteiger partial charge is 0.487 e. The van der Waals surface area contributed by atoms with Crippen LogP contribution in [0.25, 0.3) is 22.0 Å². The molecule has 0 unspecified atom stereocenters. The predicted molar refractivity (Wildman–Crippen MR) is 171 cm³/mol. The molecule has 1 aliphatic heterocycles. The van der Waals surface area contributed by atoms with Gasteiger partial charge >= 0.3 is 0 Å². The third-order valence-corrected chi connectivity index (χ3v) is 9.83. The number of anilines is 2. The van der Waals surface area contributed by atoms with E-state index in [1.807, 2.05) is 43.4 Å². The molecule has 1 aliphatic rings. The zero-order valence-electron chi connectivity index (χ0n) is 24.1. The van der Waals surface area contributed by atoms with Crippen LogP contribution in [-0.4, -0.2) is 60.8 Å². The van der Waals surface area contributed by atoms with Gasteiger partial charge in [0.25, 0.3) is 0 Å². The number of sulfonamides is 1. The van der Waals surface area contributed by atoms with Gasteiger partial charge < -0.3 is 15.0 Å². The Hall–Kier alpha value is -4.09. The van der Waals surface area contributed by atoms with Gasteiger partial charge in [0.15, 0.2) is 0 Å². The lowest BCUT2D eigenvalue weighted by molar-refractivity contribution is 0.306. The number of benzene rings is 4. The lowest BCUT2D eigenvalue weighted by Gasteiger charge is -2.20. The average molecular weight is 632 g/mol. The Kier molecular flexibility index (Phi) is 8.76. The van der Waals surface area contributed by atoms with Gasteiger partial charge in [0.1, 0.15) is 30.3 Å². The molecule has 0 spiro atoms. The smallest absolute Gasteiger partial charge is 0.243 e. The normalized spacial score (nSPS) is 14.8. The van der Waals surface area contributed by atoms with Crippen LogP contribution >= 0.6 is 11.6 Å². The maximum absolute atomic E-state index is 13.5. The molecule has 0 atom stereocenters. The van der Waals surface area contributed by atoms with Gasteiger partial charge in [-0.15, -0.1) is 0 Å². The SMILES string of the molecule is CN1CCCN(S(=O)(=O)c2ccc(-c3ccc4ncnc(Nc5ccc(OCc6cccc(F)c6)c(Cl)c5)c4c3)cc2)CC1. The summed E-state index contributed by atoms with van der Waals surface area (Å²) in [5.74, 6) is 0.745. The third-order valence-electron chi connectivity index (χ3n) is 7.62. The van der Waals surface area contributed by atoms with Crippen molar-refractivity contribution < 1.29 is 17.5 Å². The minimum absolute atomic E-state index is 0.187. The first-order chi connectivity index (χ1) is 21.3. The monoisotopic (exact) mass is 631 g/mol. The maximum Gasteiger partial charge on any atom is 0.243 e. The van der Waals surface area contributed by atoms with E-state index in [0.29, 0.717) is 47.5 Å². The fraction of sp³-hybridized carbons (Fsp3) is 0.212. The van der Waals surface area contributed by atoms with E-state index in [2.05, 4.69) is 20.2 Å². The Bertz CT molecular complexity index is 1910. The second-order valence-electron chi connectivity index (χ2n) is 10.7. The summed E-state index contributed by atoms with van der Waals surface area (Å²) in [4.78, 5) is 11.3. The van der Waals surface area contributed by atoms with Crippen LogP contribution < -0.4 is 10.1 Å². The zero-order chi connectivity index (χ0) is 30.7. The van der Waals surface area contributed by atoms with E-state index in [1.165, 1.54) is 18.5 Å². The van der Waals surface area contributed by atoms with Crippen molar-refractivity contribution in [3.8, 4) is 16.9 Å². The van der Waals surface area contributed by atoms with Crippen molar-refractivity contribution in [3.05, 3.63) is 108 Å². The maximum atomic E-state index is 13.5. The summed E-state index contributed by atoms with van der Waals surface area (Å²) in [5.41, 5.74) is 3.92. The highest BCUT2D eigenvalue weighted by molar-refractivity contribution is 7.89. The molecule has 226 valence electrons. The molecule has 0 amide bonds. The lowest BCUT2D eigenvalue weighted by Crippen LogP contribution is -2.34. The molecule has 44 heavy (non-hydrogen) atoms. The van der Waals surface area contributed by atoms with Crippen LogP contribution in [0.5, 0.6) is 5.75 Å². The van der Waals surface area contributed by atoms with Crippen molar-refractivity contribution in [2.24, 2.45) is 0 Å². The summed E-state index contributed by atoms with van der Waals surface area (Å²) in [6.07, 6.45) is 2.30. The second-order valence-corrected chi connectivity index (χ2v) is 13.1. The number of likely N-dealkylation sites (N-methyl/N-ethyl adjacent to an activating group) is 1. The molecule has 11 heteroatoms. The van der Waals surface area contributed by atoms with Gasteiger partial charge in [-0.1, -0.05) is 41.9 Å². The first-order valence-electron chi connectivity index (χ1n) is 14.2. The molecule has 1 N–H and O–H groups in total. The quantitative estimate of drug-likeness (QED) is 0.203. The van der Waals surface area contributed by atoms with E-state index in [1.54, 1.807) is 40.7 Å². The fourth-order valence-electron chi connectivity index (χ4n) is 5.19. The Morgan fingerprint density at radius 2 is 1.73 bits per heavy atom. The molecule has 1 fully saturated rings. The molecule has 8 nitrogen and oxygen atoms in total. The summed E-state index contributed by atoms with van der Waals surface area (Å²) in [7, 11) is -1.55. The first kappa shape index (κ1) is 30.0. The van der Waals surface area contributed by atoms with E-state index in [-0.39, 0.29) is 17.3 Å². The summed E-state index contributed by atoms with van der Waals surface area (Å²) < 4.78 is 47.5. The Morgan fingerprint density at radius 3 is 2.52 bits per heavy atom. The summed E-state index contributed by atoms with van der Waals surface area (Å²) >= 11 is 6.51. The van der Waals surface area contributed by atoms with E-state index in [9.17, 15) is 12.8 Å². The Balaban J connectivity index is 1.20. The van der Waals surface area contributed by atoms with Crippen molar-refractivity contribution in [2.75, 3.05) is 38.5 Å². The van der Waals surface area contributed by atoms with Crippen molar-refractivity contribution in [2.45, 2.75) is 17.9 Å². The van der Waals surface area contributed by atoms with Crippen LogP contribution in [0.15, 0.2) is 96.2 Å². The van der Waals surface area contributed by atoms with Gasteiger partial charge in [-0.05, 0) is 91.3 Å². The number of halogens is 2. The van der Waals surface area contributed by atoms with Gasteiger partial charge in [-0.3, -0.25) is 0 Å². The predicted octanol–water partition coefficient (Wildman–Crippen LogP) is 6.74. The molecular weight excluding hydrogens is 601 g/mol. The molecule has 6 rings (SSSR count). The van der Waals surface area contributed by atoms with Crippen LogP contribution in [-0.2, 0) is 16.6 Å². The molecule has 0 bridgehead atoms. The van der Waals surface area contributed by atoms with Crippen LogP contribution in [0.2, 0.25) is 5.02 Å². The molecule has 2 heterocycles. The average Bonchev–Trinajstić information content (AvgIpc) is 3.25. The summed E-state index contributed by atoms with van der Waals surface area (Å²) in [6.45, 7) is 2.79. The number of rotatable bonds is 8. The van der Waals surface area contributed by atoms with E-state index >= 15 is 0 Å². The van der Waals surface area contributed by atoms with Gasteiger partial charge in [-0.2, -0.15) is 4.31 Å². The molecule has 1 saturated heterocycles. The first-order valence-corrected chi connectivity index (χ1v) is 16.1. The van der Waals surface area contributed by atoms with Gasteiger partial charge in [0.2, 0.25) is 10.0 Å². The molecular formula is C33H31ClFN5O3S. The number of hydrogen-bond donors (Lipinski definition) is 1. The van der Waals surface area contributed by atoms with Crippen LogP contribution in [0, 0.1) is 5.82 Å². The number of nitrogens with one attached hydrogen (secondary N) is 1. The number of nitrogens with zero attached hydrogens (tertiary/aromatic N) is 4. The molecule has 1 aromatic heterocycles. The number of hydrogen-bond acceptors (Lipinski definition) is 7. The topological polar surface area (TPSA) is 87.7 Å². The standard InChI is InChI=1S/C33H31ClFN5O3S/c1-39-14-3-15-40(17-16-39)44(41,42)28-10-6-24(7-11-28)25-8-12-31-29(19-25)33(37-22-36-31)38-27-9-13-32(30(34)20-27)43-21-23-4-2-5-26(35)18-23/h2,4-13,18-20,22H,3,14-17,21H2,1H3,(H,36,37,38). The zero-order valence-corrected chi connectivity index (χ0v) is 25.7. The number of ether oxygens (including phenoxy) is 1. The van der Waals surface area contributed by atoms with Gasteiger partial charge in [0.05, 0.1) is 15.4 Å². The number of fused-ring (bicyclic) bond motifs is 1. The summed E-state index contributed by atoms with van der Waals surface area (Å²) in [6, 6.07) is 24.4. The molecule has 0 radical (unpaired) electrons. The number of aromatic nitrogens is 2. The third kappa shape index (κ3) is 6.68. The second kappa shape index (κ2) is 12.9. The van der Waals surface area contributed by atoms with Crippen molar-refractivity contribution in [1.29, 1.82) is 0 Å². The van der Waals surface area contributed by atoms with Crippen LogP contribution in [0.4, 0.5) is 15.9 Å². The van der Waals surface area contributed by atoms with Crippen molar-refractivity contribution in [1.82, 2.24) is 19.2 Å². The van der Waals surface area contributed by atoms with Crippen LogP contribution in [0.3, 0.4) is 0 Å². The van der Waals surface area contributed by atoms with E-state index in [0.717, 1.165) is 35.0 Å². The van der Waals surface area contributed by atoms with Crippen LogP contribution in [0.1, 0.15) is 12.0 Å². The highest BCUT2D eigenvalue weighted by atomic mass is 35.5. The van der Waals surface area contributed by atoms with Crippen molar-refractivity contribution >= 4 is 44.0 Å². The van der Waals surface area contributed by atoms with Gasteiger partial charge in [-0.25, -0.2) is 22.8 Å². The fourth-order valence-corrected chi connectivity index (χ4v) is 6.89. The lowest BCUT2D eigenvalue weighted by atomic mass is 10.0.